The molecular weight excluding hydrogens is 392 g/mol. The average Bonchev–Trinajstić information content (AvgIpc) is 2.72. The molecule has 0 aliphatic rings. The number of aromatic nitrogens is 3. The summed E-state index contributed by atoms with van der Waals surface area (Å²) in [5.41, 5.74) is 0.400. The molecule has 0 aliphatic heterocycles. The van der Waals surface area contributed by atoms with Crippen LogP contribution in [-0.4, -0.2) is 20.4 Å². The third-order valence-corrected chi connectivity index (χ3v) is 4.82. The summed E-state index contributed by atoms with van der Waals surface area (Å²) in [5.74, 6) is -0.623. The van der Waals surface area contributed by atoms with Crippen LogP contribution in [0.1, 0.15) is 15.9 Å². The van der Waals surface area contributed by atoms with Gasteiger partial charge in [-0.2, -0.15) is 0 Å². The molecule has 0 fully saturated rings. The quantitative estimate of drug-likeness (QED) is 0.544. The van der Waals surface area contributed by atoms with E-state index in [4.69, 9.17) is 11.6 Å². The van der Waals surface area contributed by atoms with E-state index in [2.05, 4.69) is 15.3 Å². The van der Waals surface area contributed by atoms with E-state index in [9.17, 15) is 14.4 Å². The number of carbonyl (C=O) groups excluding carboxylic acids is 1. The summed E-state index contributed by atoms with van der Waals surface area (Å²) in [6.45, 7) is -0.0450. The van der Waals surface area contributed by atoms with E-state index in [-0.39, 0.29) is 12.1 Å². The van der Waals surface area contributed by atoms with Crippen molar-refractivity contribution in [1.82, 2.24) is 14.5 Å². The van der Waals surface area contributed by atoms with Crippen LogP contribution in [0.25, 0.3) is 10.9 Å². The zero-order valence-electron chi connectivity index (χ0n) is 15.1. The van der Waals surface area contributed by atoms with Gasteiger partial charge in [-0.1, -0.05) is 35.9 Å². The zero-order valence-corrected chi connectivity index (χ0v) is 15.8. The van der Waals surface area contributed by atoms with Crippen LogP contribution in [-0.2, 0) is 6.54 Å². The predicted octanol–water partition coefficient (Wildman–Crippen LogP) is 3.04. The first-order valence-corrected chi connectivity index (χ1v) is 9.13. The van der Waals surface area contributed by atoms with Gasteiger partial charge in [-0.15, -0.1) is 0 Å². The van der Waals surface area contributed by atoms with E-state index in [1.165, 1.54) is 0 Å². The minimum absolute atomic E-state index is 0.0450. The normalized spacial score (nSPS) is 10.8. The number of hydrogen-bond donors (Lipinski definition) is 2. The van der Waals surface area contributed by atoms with Gasteiger partial charge in [0, 0.05) is 28.5 Å². The van der Waals surface area contributed by atoms with Crippen LogP contribution in [0.5, 0.6) is 0 Å². The number of rotatable bonds is 4. The molecule has 4 aromatic rings. The number of aromatic amines is 1. The standard InChI is InChI=1S/C21H15ClN4O3/c22-17-6-2-1-4-14(17)12-26-20(28)16(11-24-21(26)29)19(27)25-15-7-8-18-13(10-15)5-3-9-23-18/h1-11H,12H2,(H,24,29)(H,25,27). The number of H-pyrrole nitrogens is 1. The van der Waals surface area contributed by atoms with Crippen molar-refractivity contribution in [3.05, 3.63) is 104 Å². The number of hydrogen-bond acceptors (Lipinski definition) is 4. The van der Waals surface area contributed by atoms with Crippen LogP contribution in [0.4, 0.5) is 5.69 Å². The molecule has 0 radical (unpaired) electrons. The maximum Gasteiger partial charge on any atom is 0.328 e. The Labute approximate surface area is 169 Å². The maximum absolute atomic E-state index is 12.8. The highest BCUT2D eigenvalue weighted by molar-refractivity contribution is 6.31. The first-order valence-electron chi connectivity index (χ1n) is 8.75. The van der Waals surface area contributed by atoms with Crippen molar-refractivity contribution in [2.24, 2.45) is 0 Å². The van der Waals surface area contributed by atoms with Gasteiger partial charge >= 0.3 is 5.69 Å². The summed E-state index contributed by atoms with van der Waals surface area (Å²) < 4.78 is 0.945. The van der Waals surface area contributed by atoms with E-state index in [1.807, 2.05) is 6.07 Å². The van der Waals surface area contributed by atoms with Crippen molar-refractivity contribution in [2.75, 3.05) is 5.32 Å². The molecule has 1 amide bonds. The lowest BCUT2D eigenvalue weighted by Crippen LogP contribution is -2.39. The van der Waals surface area contributed by atoms with Crippen LogP contribution in [0.15, 0.2) is 76.6 Å². The first-order chi connectivity index (χ1) is 14.0. The molecule has 0 aliphatic carbocycles. The molecule has 0 atom stereocenters. The minimum atomic E-state index is -0.700. The summed E-state index contributed by atoms with van der Waals surface area (Å²) in [6.07, 6.45) is 2.80. The summed E-state index contributed by atoms with van der Waals surface area (Å²) in [6, 6.07) is 15.8. The van der Waals surface area contributed by atoms with Crippen LogP contribution < -0.4 is 16.6 Å². The van der Waals surface area contributed by atoms with Gasteiger partial charge in [0.25, 0.3) is 11.5 Å². The molecule has 2 aromatic carbocycles. The van der Waals surface area contributed by atoms with Crippen LogP contribution in [0, 0.1) is 0 Å². The van der Waals surface area contributed by atoms with Gasteiger partial charge in [0.15, 0.2) is 0 Å². The highest BCUT2D eigenvalue weighted by Gasteiger charge is 2.16. The van der Waals surface area contributed by atoms with Gasteiger partial charge < -0.3 is 10.3 Å². The number of halogens is 1. The Morgan fingerprint density at radius 2 is 1.93 bits per heavy atom. The molecule has 0 saturated carbocycles. The number of nitrogens with one attached hydrogen (secondary N) is 2. The number of anilines is 1. The number of nitrogens with zero attached hydrogens (tertiary/aromatic N) is 2. The molecule has 0 unspecified atom stereocenters. The monoisotopic (exact) mass is 406 g/mol. The van der Waals surface area contributed by atoms with Gasteiger partial charge in [-0.3, -0.25) is 19.1 Å². The molecule has 4 rings (SSSR count). The number of fused-ring (bicyclic) bond motifs is 1. The summed E-state index contributed by atoms with van der Waals surface area (Å²) in [4.78, 5) is 44.3. The van der Waals surface area contributed by atoms with Crippen molar-refractivity contribution in [3.8, 4) is 0 Å². The lowest BCUT2D eigenvalue weighted by molar-refractivity contribution is 0.102. The number of amides is 1. The van der Waals surface area contributed by atoms with Gasteiger partial charge in [0.2, 0.25) is 0 Å². The second-order valence-corrected chi connectivity index (χ2v) is 6.76. The lowest BCUT2D eigenvalue weighted by atomic mass is 10.2. The third-order valence-electron chi connectivity index (χ3n) is 4.45. The molecule has 2 N–H and O–H groups in total. The highest BCUT2D eigenvalue weighted by atomic mass is 35.5. The summed E-state index contributed by atoms with van der Waals surface area (Å²) in [7, 11) is 0. The van der Waals surface area contributed by atoms with Crippen LogP contribution >= 0.6 is 11.6 Å². The Bertz CT molecular complexity index is 1340. The fourth-order valence-electron chi connectivity index (χ4n) is 2.97. The molecule has 2 heterocycles. The fourth-order valence-corrected chi connectivity index (χ4v) is 3.16. The van der Waals surface area contributed by atoms with Crippen molar-refractivity contribution in [1.29, 1.82) is 0 Å². The van der Waals surface area contributed by atoms with Crippen molar-refractivity contribution >= 4 is 34.1 Å². The number of pyridine rings is 1. The summed E-state index contributed by atoms with van der Waals surface area (Å²) >= 11 is 6.12. The largest absolute Gasteiger partial charge is 0.328 e. The Kier molecular flexibility index (Phi) is 4.97. The molecular formula is C21H15ClN4O3. The van der Waals surface area contributed by atoms with Gasteiger partial charge in [-0.25, -0.2) is 4.79 Å². The first kappa shape index (κ1) is 18.6. The number of carbonyl (C=O) groups is 1. The molecule has 144 valence electrons. The molecule has 7 nitrogen and oxygen atoms in total. The number of benzene rings is 2. The molecule has 29 heavy (non-hydrogen) atoms. The Hall–Kier alpha value is -3.71. The van der Waals surface area contributed by atoms with Crippen molar-refractivity contribution in [2.45, 2.75) is 6.54 Å². The molecule has 0 saturated heterocycles. The van der Waals surface area contributed by atoms with E-state index < -0.39 is 17.2 Å². The van der Waals surface area contributed by atoms with Crippen molar-refractivity contribution < 1.29 is 4.79 Å². The average molecular weight is 407 g/mol. The molecule has 2 aromatic heterocycles. The minimum Gasteiger partial charge on any atom is -0.322 e. The smallest absolute Gasteiger partial charge is 0.322 e. The SMILES string of the molecule is O=C(Nc1ccc2ncccc2c1)c1c[nH]c(=O)n(Cc2ccccc2Cl)c1=O. The van der Waals surface area contributed by atoms with Gasteiger partial charge in [0.1, 0.15) is 5.56 Å². The second-order valence-electron chi connectivity index (χ2n) is 6.36. The van der Waals surface area contributed by atoms with E-state index in [0.717, 1.165) is 21.7 Å². The topological polar surface area (TPSA) is 96.8 Å². The van der Waals surface area contributed by atoms with Gasteiger partial charge in [0.05, 0.1) is 12.1 Å². The van der Waals surface area contributed by atoms with Crippen molar-refractivity contribution in [3.63, 3.8) is 0 Å². The Morgan fingerprint density at radius 3 is 2.76 bits per heavy atom. The Morgan fingerprint density at radius 1 is 1.10 bits per heavy atom. The van der Waals surface area contributed by atoms with Gasteiger partial charge in [-0.05, 0) is 35.9 Å². The molecule has 8 heteroatoms. The third kappa shape index (κ3) is 3.81. The van der Waals surface area contributed by atoms with E-state index in [1.54, 1.807) is 54.7 Å². The second kappa shape index (κ2) is 7.73. The fraction of sp³-hybridized carbons (Fsp3) is 0.0476. The zero-order chi connectivity index (χ0) is 20.4. The molecule has 0 bridgehead atoms. The summed E-state index contributed by atoms with van der Waals surface area (Å²) in [5, 5.41) is 3.96. The van der Waals surface area contributed by atoms with E-state index in [0.29, 0.717) is 16.3 Å². The van der Waals surface area contributed by atoms with Crippen LogP contribution in [0.2, 0.25) is 5.02 Å². The lowest BCUT2D eigenvalue weighted by Gasteiger charge is -2.09. The maximum atomic E-state index is 12.8. The molecule has 0 spiro atoms. The predicted molar refractivity (Wildman–Crippen MR) is 112 cm³/mol. The Balaban J connectivity index is 1.65. The highest BCUT2D eigenvalue weighted by Crippen LogP contribution is 2.17. The van der Waals surface area contributed by atoms with Crippen LogP contribution in [0.3, 0.4) is 0 Å². The van der Waals surface area contributed by atoms with E-state index >= 15 is 0 Å².